The van der Waals surface area contributed by atoms with Crippen molar-refractivity contribution in [1.82, 2.24) is 0 Å². The third kappa shape index (κ3) is 2.85. The predicted molar refractivity (Wildman–Crippen MR) is 42.3 cm³/mol. The van der Waals surface area contributed by atoms with Crippen LogP contribution < -0.4 is 5.73 Å². The largest absolute Gasteiger partial charge is 0.328 e. The Labute approximate surface area is 58.6 Å². The van der Waals surface area contributed by atoms with Gasteiger partial charge in [-0.3, -0.25) is 0 Å². The van der Waals surface area contributed by atoms with Crippen molar-refractivity contribution in [3.63, 3.8) is 0 Å². The van der Waals surface area contributed by atoms with E-state index in [4.69, 9.17) is 5.73 Å². The van der Waals surface area contributed by atoms with Crippen molar-refractivity contribution in [2.75, 3.05) is 0 Å². The van der Waals surface area contributed by atoms with E-state index in [9.17, 15) is 0 Å². The molecule has 0 aliphatic heterocycles. The van der Waals surface area contributed by atoms with Crippen molar-refractivity contribution in [2.45, 2.75) is 40.7 Å². The van der Waals surface area contributed by atoms with Crippen molar-refractivity contribution in [1.29, 1.82) is 0 Å². The first-order valence-corrected chi connectivity index (χ1v) is 3.61. The van der Waals surface area contributed by atoms with Crippen LogP contribution in [0.4, 0.5) is 0 Å². The first kappa shape index (κ1) is 8.96. The second-order valence-electron chi connectivity index (χ2n) is 4.01. The van der Waals surface area contributed by atoms with E-state index < -0.39 is 0 Å². The molecule has 0 aliphatic rings. The molecule has 0 saturated heterocycles. The first-order valence-electron chi connectivity index (χ1n) is 3.61. The van der Waals surface area contributed by atoms with Gasteiger partial charge in [0.15, 0.2) is 0 Å². The van der Waals surface area contributed by atoms with Crippen molar-refractivity contribution in [2.24, 2.45) is 17.1 Å². The Hall–Kier alpha value is -0.0400. The average molecular weight is 129 g/mol. The summed E-state index contributed by atoms with van der Waals surface area (Å²) in [5, 5.41) is 0. The molecule has 0 aromatic rings. The second kappa shape index (κ2) is 2.70. The summed E-state index contributed by atoms with van der Waals surface area (Å²) in [6.45, 7) is 10.9. The van der Waals surface area contributed by atoms with Gasteiger partial charge in [0.25, 0.3) is 0 Å². The molecule has 0 spiro atoms. The topological polar surface area (TPSA) is 26.0 Å². The molecule has 0 aliphatic carbocycles. The van der Waals surface area contributed by atoms with Crippen LogP contribution in [-0.4, -0.2) is 6.04 Å². The minimum absolute atomic E-state index is 0.310. The van der Waals surface area contributed by atoms with E-state index >= 15 is 0 Å². The summed E-state index contributed by atoms with van der Waals surface area (Å²) in [4.78, 5) is 0. The third-order valence-electron chi connectivity index (χ3n) is 2.15. The zero-order valence-corrected chi connectivity index (χ0v) is 7.23. The minimum Gasteiger partial charge on any atom is -0.328 e. The number of nitrogens with two attached hydrogens (primary N) is 1. The summed E-state index contributed by atoms with van der Waals surface area (Å²) in [6, 6.07) is 0.310. The van der Waals surface area contributed by atoms with E-state index in [1.165, 1.54) is 0 Å². The maximum Gasteiger partial charge on any atom is 0.00411 e. The summed E-state index contributed by atoms with van der Waals surface area (Å²) >= 11 is 0. The van der Waals surface area contributed by atoms with Crippen LogP contribution in [0.5, 0.6) is 0 Å². The molecular formula is C8H19N. The fourth-order valence-corrected chi connectivity index (χ4v) is 0.789. The van der Waals surface area contributed by atoms with Gasteiger partial charge in [-0.25, -0.2) is 0 Å². The van der Waals surface area contributed by atoms with Crippen molar-refractivity contribution < 1.29 is 0 Å². The Morgan fingerprint density at radius 1 is 1.11 bits per heavy atom. The van der Waals surface area contributed by atoms with E-state index in [2.05, 4.69) is 34.6 Å². The van der Waals surface area contributed by atoms with Crippen molar-refractivity contribution in [3.05, 3.63) is 0 Å². The van der Waals surface area contributed by atoms with Gasteiger partial charge in [-0.1, -0.05) is 27.7 Å². The standard InChI is InChI=1S/C8H19N/c1-6(7(2)9)8(3,4)5/h6-7H,9H2,1-5H3/t6-,7-/m1/s1. The molecule has 0 heterocycles. The normalized spacial score (nSPS) is 19.3. The molecule has 0 rings (SSSR count). The predicted octanol–water partition coefficient (Wildman–Crippen LogP) is 2.02. The number of hydrogen-bond acceptors (Lipinski definition) is 1. The number of hydrogen-bond donors (Lipinski definition) is 1. The van der Waals surface area contributed by atoms with Gasteiger partial charge >= 0.3 is 0 Å². The SMILES string of the molecule is C[C@H]([C@@H](C)N)C(C)(C)C. The molecule has 0 aromatic carbocycles. The van der Waals surface area contributed by atoms with E-state index in [0.717, 1.165) is 0 Å². The zero-order chi connectivity index (χ0) is 7.65. The molecule has 0 saturated carbocycles. The molecule has 1 heteroatoms. The molecule has 2 N–H and O–H groups in total. The quantitative estimate of drug-likeness (QED) is 0.576. The van der Waals surface area contributed by atoms with Gasteiger partial charge in [0.1, 0.15) is 0 Å². The smallest absolute Gasteiger partial charge is 0.00411 e. The lowest BCUT2D eigenvalue weighted by molar-refractivity contribution is 0.230. The van der Waals surface area contributed by atoms with Crippen LogP contribution in [0.2, 0.25) is 0 Å². The zero-order valence-electron chi connectivity index (χ0n) is 7.23. The average Bonchev–Trinajstić information content (AvgIpc) is 1.62. The Bertz CT molecular complexity index is 79.1. The monoisotopic (exact) mass is 129 g/mol. The van der Waals surface area contributed by atoms with Gasteiger partial charge in [0.2, 0.25) is 0 Å². The van der Waals surface area contributed by atoms with Gasteiger partial charge in [-0.05, 0) is 18.3 Å². The number of rotatable bonds is 1. The molecule has 0 fully saturated rings. The Morgan fingerprint density at radius 2 is 1.44 bits per heavy atom. The third-order valence-corrected chi connectivity index (χ3v) is 2.15. The van der Waals surface area contributed by atoms with Gasteiger partial charge in [0, 0.05) is 6.04 Å². The molecule has 2 atom stereocenters. The van der Waals surface area contributed by atoms with Crippen LogP contribution in [-0.2, 0) is 0 Å². The van der Waals surface area contributed by atoms with Crippen LogP contribution in [0.15, 0.2) is 0 Å². The summed E-state index contributed by atoms with van der Waals surface area (Å²) in [5.41, 5.74) is 6.08. The highest BCUT2D eigenvalue weighted by Gasteiger charge is 2.22. The van der Waals surface area contributed by atoms with E-state index in [-0.39, 0.29) is 0 Å². The lowest BCUT2D eigenvalue weighted by Gasteiger charge is -2.30. The molecule has 1 nitrogen and oxygen atoms in total. The van der Waals surface area contributed by atoms with Crippen molar-refractivity contribution >= 4 is 0 Å². The summed E-state index contributed by atoms with van der Waals surface area (Å²) in [5.74, 6) is 0.595. The Morgan fingerprint density at radius 3 is 1.44 bits per heavy atom. The molecule has 0 aromatic heterocycles. The maximum atomic E-state index is 5.72. The van der Waals surface area contributed by atoms with E-state index in [1.54, 1.807) is 0 Å². The van der Waals surface area contributed by atoms with Crippen LogP contribution in [0.1, 0.15) is 34.6 Å². The maximum absolute atomic E-state index is 5.72. The Kier molecular flexibility index (Phi) is 2.68. The summed E-state index contributed by atoms with van der Waals surface area (Å²) in [7, 11) is 0. The first-order chi connectivity index (χ1) is 3.85. The highest BCUT2D eigenvalue weighted by Crippen LogP contribution is 2.26. The van der Waals surface area contributed by atoms with Gasteiger partial charge < -0.3 is 5.73 Å². The molecule has 0 amide bonds. The minimum atomic E-state index is 0.310. The molecular weight excluding hydrogens is 110 g/mol. The van der Waals surface area contributed by atoms with E-state index in [1.807, 2.05) is 0 Å². The lowest BCUT2D eigenvalue weighted by Crippen LogP contribution is -2.33. The van der Waals surface area contributed by atoms with Crippen LogP contribution in [0, 0.1) is 11.3 Å². The Balaban J connectivity index is 3.88. The molecule has 0 bridgehead atoms. The lowest BCUT2D eigenvalue weighted by atomic mass is 9.78. The van der Waals surface area contributed by atoms with Crippen LogP contribution >= 0.6 is 0 Å². The second-order valence-corrected chi connectivity index (χ2v) is 4.01. The van der Waals surface area contributed by atoms with Gasteiger partial charge in [0.05, 0.1) is 0 Å². The summed E-state index contributed by atoms with van der Waals surface area (Å²) < 4.78 is 0. The molecule has 9 heavy (non-hydrogen) atoms. The van der Waals surface area contributed by atoms with Gasteiger partial charge in [-0.15, -0.1) is 0 Å². The van der Waals surface area contributed by atoms with E-state index in [0.29, 0.717) is 17.4 Å². The highest BCUT2D eigenvalue weighted by atomic mass is 14.6. The van der Waals surface area contributed by atoms with Crippen LogP contribution in [0.25, 0.3) is 0 Å². The fourth-order valence-electron chi connectivity index (χ4n) is 0.789. The molecule has 56 valence electrons. The molecule has 0 radical (unpaired) electrons. The van der Waals surface area contributed by atoms with Crippen LogP contribution in [0.3, 0.4) is 0 Å². The highest BCUT2D eigenvalue weighted by molar-refractivity contribution is 4.75. The summed E-state index contributed by atoms with van der Waals surface area (Å²) in [6.07, 6.45) is 0. The van der Waals surface area contributed by atoms with Gasteiger partial charge in [-0.2, -0.15) is 0 Å². The fraction of sp³-hybridized carbons (Fsp3) is 1.00. The van der Waals surface area contributed by atoms with Crippen molar-refractivity contribution in [3.8, 4) is 0 Å². The molecule has 0 unspecified atom stereocenters.